The number of phenolic OH excluding ortho intramolecular Hbond substituents is 1. The minimum atomic E-state index is -0.874. The number of nitrogens with zero attached hydrogens (tertiary/aromatic N) is 1. The summed E-state index contributed by atoms with van der Waals surface area (Å²) in [5.41, 5.74) is -0.196. The van der Waals surface area contributed by atoms with Gasteiger partial charge in [0.25, 0.3) is 5.69 Å². The Balaban J connectivity index is 2.27. The summed E-state index contributed by atoms with van der Waals surface area (Å²) in [4.78, 5) is 10.9. The highest BCUT2D eigenvalue weighted by Crippen LogP contribution is 2.54. The fraction of sp³-hybridized carbons (Fsp3) is 0.806. The Labute approximate surface area is 230 Å². The molecule has 1 heterocycles. The third-order valence-corrected chi connectivity index (χ3v) is 10.3. The number of ether oxygens (including phenoxy) is 2. The fourth-order valence-electron chi connectivity index (χ4n) is 5.18. The molecule has 1 saturated heterocycles. The number of nitro benzene ring substituents is 1. The number of hydrogen-bond donors (Lipinski definition) is 2. The van der Waals surface area contributed by atoms with Crippen molar-refractivity contribution in [1.29, 1.82) is 0 Å². The average molecular weight is 536 g/mol. The molecule has 4 atom stereocenters. The van der Waals surface area contributed by atoms with Gasteiger partial charge in [0, 0.05) is 18.6 Å². The third-order valence-electron chi connectivity index (χ3n) is 10.3. The van der Waals surface area contributed by atoms with E-state index >= 15 is 0 Å². The van der Waals surface area contributed by atoms with Crippen LogP contribution in [0.1, 0.15) is 120 Å². The van der Waals surface area contributed by atoms with Crippen LogP contribution in [-0.2, 0) is 9.47 Å². The van der Waals surface area contributed by atoms with E-state index in [0.29, 0.717) is 12.0 Å². The molecule has 2 N–H and O–H groups in total. The molecule has 1 fully saturated rings. The quantitative estimate of drug-likeness (QED) is 0.207. The van der Waals surface area contributed by atoms with Crippen molar-refractivity contribution in [2.45, 2.75) is 133 Å². The van der Waals surface area contributed by atoms with Crippen molar-refractivity contribution in [3.8, 4) is 5.75 Å². The van der Waals surface area contributed by atoms with Crippen molar-refractivity contribution < 1.29 is 24.6 Å². The first-order valence-electron chi connectivity index (χ1n) is 14.2. The van der Waals surface area contributed by atoms with Gasteiger partial charge in [0.15, 0.2) is 6.29 Å². The van der Waals surface area contributed by atoms with E-state index in [-0.39, 0.29) is 57.3 Å². The van der Waals surface area contributed by atoms with E-state index in [4.69, 9.17) is 9.47 Å². The largest absolute Gasteiger partial charge is 0.507 e. The number of aliphatic hydroxyl groups is 1. The van der Waals surface area contributed by atoms with E-state index in [0.717, 1.165) is 25.7 Å². The second-order valence-corrected chi connectivity index (χ2v) is 14.2. The predicted molar refractivity (Wildman–Crippen MR) is 152 cm³/mol. The molecule has 0 bridgehead atoms. The molecule has 0 amide bonds. The van der Waals surface area contributed by atoms with Crippen LogP contribution in [0.5, 0.6) is 5.75 Å². The molecule has 0 spiro atoms. The molecule has 7 heteroatoms. The number of benzene rings is 1. The minimum Gasteiger partial charge on any atom is -0.507 e. The fourth-order valence-corrected chi connectivity index (χ4v) is 5.18. The van der Waals surface area contributed by atoms with E-state index in [9.17, 15) is 20.3 Å². The molecule has 1 aliphatic heterocycles. The normalized spacial score (nSPS) is 22.5. The predicted octanol–water partition coefficient (Wildman–Crippen LogP) is 8.18. The zero-order chi connectivity index (χ0) is 29.3. The highest BCUT2D eigenvalue weighted by atomic mass is 16.7. The van der Waals surface area contributed by atoms with E-state index < -0.39 is 11.2 Å². The molecule has 0 aromatic heterocycles. The number of non-ortho nitro benzene ring substituents is 1. The van der Waals surface area contributed by atoms with Crippen molar-refractivity contribution >= 4 is 5.69 Å². The lowest BCUT2D eigenvalue weighted by molar-refractivity contribution is -0.385. The van der Waals surface area contributed by atoms with Crippen LogP contribution >= 0.6 is 0 Å². The van der Waals surface area contributed by atoms with Gasteiger partial charge >= 0.3 is 0 Å². The highest BCUT2D eigenvalue weighted by molar-refractivity contribution is 5.43. The molecule has 0 aliphatic carbocycles. The Morgan fingerprint density at radius 1 is 1.00 bits per heavy atom. The molecule has 1 aliphatic rings. The van der Waals surface area contributed by atoms with Gasteiger partial charge in [-0.3, -0.25) is 10.1 Å². The average Bonchev–Trinajstić information content (AvgIpc) is 2.82. The topological polar surface area (TPSA) is 102 Å². The summed E-state index contributed by atoms with van der Waals surface area (Å²) in [6, 6.07) is 3.97. The maximum Gasteiger partial charge on any atom is 0.270 e. The number of aliphatic hydroxyl groups excluding tert-OH is 1. The third kappa shape index (κ3) is 7.08. The van der Waals surface area contributed by atoms with Gasteiger partial charge in [0.2, 0.25) is 0 Å². The number of nitro groups is 1. The number of aromatic hydroxyl groups is 1. The summed E-state index contributed by atoms with van der Waals surface area (Å²) < 4.78 is 12.7. The van der Waals surface area contributed by atoms with Crippen molar-refractivity contribution in [3.63, 3.8) is 0 Å². The Hall–Kier alpha value is -1.70. The van der Waals surface area contributed by atoms with Gasteiger partial charge in [-0.25, -0.2) is 0 Å². The smallest absolute Gasteiger partial charge is 0.270 e. The van der Waals surface area contributed by atoms with Crippen LogP contribution in [0, 0.1) is 37.7 Å². The van der Waals surface area contributed by atoms with Gasteiger partial charge in [0.05, 0.1) is 28.8 Å². The van der Waals surface area contributed by atoms with Gasteiger partial charge < -0.3 is 19.7 Å². The summed E-state index contributed by atoms with van der Waals surface area (Å²) >= 11 is 0. The molecular weight excluding hydrogens is 482 g/mol. The Kier molecular flexibility index (Phi) is 10.1. The van der Waals surface area contributed by atoms with E-state index in [1.807, 2.05) is 0 Å². The van der Waals surface area contributed by atoms with Crippen molar-refractivity contribution in [3.05, 3.63) is 33.9 Å². The summed E-state index contributed by atoms with van der Waals surface area (Å²) in [6.07, 6.45) is 2.78. The highest BCUT2D eigenvalue weighted by Gasteiger charge is 2.49. The molecule has 2 rings (SSSR count). The van der Waals surface area contributed by atoms with Crippen LogP contribution in [0.2, 0.25) is 0 Å². The van der Waals surface area contributed by atoms with Crippen LogP contribution in [0.3, 0.4) is 0 Å². The number of hydrogen-bond acceptors (Lipinski definition) is 6. The van der Waals surface area contributed by atoms with E-state index in [1.54, 1.807) is 0 Å². The zero-order valence-electron chi connectivity index (χ0n) is 25.6. The molecule has 218 valence electrons. The summed E-state index contributed by atoms with van der Waals surface area (Å²) in [6.45, 7) is 24.4. The molecule has 7 nitrogen and oxygen atoms in total. The molecule has 1 aromatic carbocycles. The van der Waals surface area contributed by atoms with Crippen molar-refractivity contribution in [2.24, 2.45) is 27.6 Å². The first-order chi connectivity index (χ1) is 17.3. The van der Waals surface area contributed by atoms with E-state index in [2.05, 4.69) is 76.2 Å². The SMILES string of the molecule is CCC1CC(C(C)(C)C(C)(C)CCC(C)(C)C(C)(C)C[C@@H](O)C(C)C)OC(c2cc([N+](=O)[O-])ccc2O)O1. The Morgan fingerprint density at radius 3 is 2.11 bits per heavy atom. The second-order valence-electron chi connectivity index (χ2n) is 14.2. The van der Waals surface area contributed by atoms with Crippen LogP contribution in [0.4, 0.5) is 5.69 Å². The summed E-state index contributed by atoms with van der Waals surface area (Å²) in [7, 11) is 0. The second kappa shape index (κ2) is 11.8. The molecule has 0 saturated carbocycles. The Bertz CT molecular complexity index is 952. The summed E-state index contributed by atoms with van der Waals surface area (Å²) in [5, 5.41) is 32.5. The van der Waals surface area contributed by atoms with Gasteiger partial charge in [0.1, 0.15) is 5.75 Å². The van der Waals surface area contributed by atoms with Gasteiger partial charge in [-0.05, 0) is 59.3 Å². The van der Waals surface area contributed by atoms with Gasteiger partial charge in [-0.2, -0.15) is 0 Å². The van der Waals surface area contributed by atoms with E-state index in [1.165, 1.54) is 18.2 Å². The first kappa shape index (κ1) is 32.5. The Morgan fingerprint density at radius 2 is 1.58 bits per heavy atom. The van der Waals surface area contributed by atoms with Crippen LogP contribution in [0.25, 0.3) is 0 Å². The van der Waals surface area contributed by atoms with Gasteiger partial charge in [-0.15, -0.1) is 0 Å². The molecule has 0 radical (unpaired) electrons. The molecule has 1 aromatic rings. The maximum absolute atomic E-state index is 11.4. The maximum atomic E-state index is 11.4. The minimum absolute atomic E-state index is 0.00993. The zero-order valence-corrected chi connectivity index (χ0v) is 25.6. The summed E-state index contributed by atoms with van der Waals surface area (Å²) in [5.74, 6) is 0.164. The van der Waals surface area contributed by atoms with Crippen LogP contribution in [-0.4, -0.2) is 33.4 Å². The molecule has 3 unspecified atom stereocenters. The first-order valence-corrected chi connectivity index (χ1v) is 14.2. The van der Waals surface area contributed by atoms with Crippen molar-refractivity contribution in [1.82, 2.24) is 0 Å². The van der Waals surface area contributed by atoms with Crippen molar-refractivity contribution in [2.75, 3.05) is 0 Å². The molecular formula is C31H53NO6. The lowest BCUT2D eigenvalue weighted by Gasteiger charge is -2.52. The number of rotatable bonds is 12. The monoisotopic (exact) mass is 535 g/mol. The van der Waals surface area contributed by atoms with Crippen LogP contribution in [0.15, 0.2) is 18.2 Å². The lowest BCUT2D eigenvalue weighted by atomic mass is 9.57. The standard InChI is InChI=1S/C31H53NO6/c1-12-22-18-26(38-27(37-22)23-17-21(32(35)36)13-14-24(23)33)31(10,11)29(6,7)16-15-28(4,5)30(8,9)19-25(34)20(2)3/h13-14,17,20,22,25-27,33-34H,12,15-16,18-19H2,1-11H3/t22?,25-,26?,27?/m1/s1. The van der Waals surface area contributed by atoms with Crippen LogP contribution < -0.4 is 0 Å². The molecule has 38 heavy (non-hydrogen) atoms. The number of phenols is 1. The lowest BCUT2D eigenvalue weighted by Crippen LogP contribution is -2.49. The van der Waals surface area contributed by atoms with Gasteiger partial charge in [-0.1, -0.05) is 76.2 Å².